The van der Waals surface area contributed by atoms with E-state index in [9.17, 15) is 0 Å². The molecule has 1 fully saturated rings. The van der Waals surface area contributed by atoms with Gasteiger partial charge in [0, 0.05) is 17.1 Å². The summed E-state index contributed by atoms with van der Waals surface area (Å²) in [5, 5.41) is 4.36. The van der Waals surface area contributed by atoms with Crippen molar-refractivity contribution in [3.63, 3.8) is 0 Å². The minimum Gasteiger partial charge on any atom is -0.495 e. The Kier molecular flexibility index (Phi) is 5.17. The summed E-state index contributed by atoms with van der Waals surface area (Å²) in [5.74, 6) is 1.53. The van der Waals surface area contributed by atoms with E-state index in [0.717, 1.165) is 22.0 Å². The molecule has 0 amide bonds. The number of ether oxygens (including phenoxy) is 1. The molecular formula is C16H25ClN2O. The number of likely N-dealkylation sites (tertiary alicyclic amines) is 1. The van der Waals surface area contributed by atoms with Crippen molar-refractivity contribution >= 4 is 17.3 Å². The van der Waals surface area contributed by atoms with Crippen LogP contribution in [0.5, 0.6) is 5.75 Å². The molecule has 1 aromatic carbocycles. The van der Waals surface area contributed by atoms with Gasteiger partial charge in [0.1, 0.15) is 5.75 Å². The van der Waals surface area contributed by atoms with Gasteiger partial charge in [0.05, 0.1) is 12.8 Å². The highest BCUT2D eigenvalue weighted by Gasteiger charge is 2.23. The van der Waals surface area contributed by atoms with E-state index >= 15 is 0 Å². The van der Waals surface area contributed by atoms with Crippen LogP contribution in [0, 0.1) is 12.8 Å². The van der Waals surface area contributed by atoms with Gasteiger partial charge in [0.25, 0.3) is 0 Å². The van der Waals surface area contributed by atoms with Crippen LogP contribution >= 0.6 is 11.6 Å². The first-order valence-corrected chi connectivity index (χ1v) is 7.68. The smallest absolute Gasteiger partial charge is 0.143 e. The van der Waals surface area contributed by atoms with Gasteiger partial charge in [-0.15, -0.1) is 0 Å². The molecule has 1 N–H and O–H groups in total. The van der Waals surface area contributed by atoms with Gasteiger partial charge in [-0.25, -0.2) is 0 Å². The molecule has 3 nitrogen and oxygen atoms in total. The van der Waals surface area contributed by atoms with Gasteiger partial charge < -0.3 is 15.0 Å². The summed E-state index contributed by atoms with van der Waals surface area (Å²) in [4.78, 5) is 2.40. The van der Waals surface area contributed by atoms with Crippen LogP contribution in [0.25, 0.3) is 0 Å². The zero-order valence-electron chi connectivity index (χ0n) is 12.9. The Hall–Kier alpha value is -0.930. The van der Waals surface area contributed by atoms with Crippen molar-refractivity contribution in [1.82, 2.24) is 4.90 Å². The zero-order valence-corrected chi connectivity index (χ0v) is 13.6. The first-order chi connectivity index (χ1) is 9.51. The van der Waals surface area contributed by atoms with E-state index in [1.165, 1.54) is 25.9 Å². The van der Waals surface area contributed by atoms with E-state index in [-0.39, 0.29) is 0 Å². The van der Waals surface area contributed by atoms with Crippen molar-refractivity contribution < 1.29 is 4.74 Å². The Bertz CT molecular complexity index is 456. The molecule has 4 heteroatoms. The maximum absolute atomic E-state index is 6.15. The third kappa shape index (κ3) is 3.58. The van der Waals surface area contributed by atoms with Gasteiger partial charge in [0.2, 0.25) is 0 Å². The molecule has 2 rings (SSSR count). The fraction of sp³-hybridized carbons (Fsp3) is 0.625. The summed E-state index contributed by atoms with van der Waals surface area (Å²) >= 11 is 6.15. The van der Waals surface area contributed by atoms with E-state index in [0.29, 0.717) is 12.0 Å². The number of anilines is 1. The van der Waals surface area contributed by atoms with Crippen LogP contribution in [0.2, 0.25) is 5.02 Å². The summed E-state index contributed by atoms with van der Waals surface area (Å²) in [6, 6.07) is 4.41. The molecule has 0 saturated carbocycles. The molecule has 20 heavy (non-hydrogen) atoms. The number of piperidine rings is 1. The Balaban J connectivity index is 2.07. The van der Waals surface area contributed by atoms with Gasteiger partial charge in [-0.1, -0.05) is 11.6 Å². The molecule has 0 bridgehead atoms. The molecule has 1 unspecified atom stereocenters. The molecule has 0 aliphatic carbocycles. The van der Waals surface area contributed by atoms with E-state index in [1.54, 1.807) is 7.11 Å². The Labute approximate surface area is 127 Å². The standard InChI is InChI=1S/C16H25ClN2O/c1-11-9-15(16(20-4)10-14(11)17)18-12(2)13-5-7-19(3)8-6-13/h9-10,12-13,18H,5-8H2,1-4H3. The van der Waals surface area contributed by atoms with Crippen LogP contribution in [0.1, 0.15) is 25.3 Å². The minimum atomic E-state index is 0.443. The minimum absolute atomic E-state index is 0.443. The summed E-state index contributed by atoms with van der Waals surface area (Å²) in [7, 11) is 3.88. The fourth-order valence-electron chi connectivity index (χ4n) is 2.84. The lowest BCUT2D eigenvalue weighted by Crippen LogP contribution is -2.37. The van der Waals surface area contributed by atoms with Crippen molar-refractivity contribution in [2.45, 2.75) is 32.7 Å². The van der Waals surface area contributed by atoms with E-state index in [1.807, 2.05) is 13.0 Å². The molecule has 1 atom stereocenters. The van der Waals surface area contributed by atoms with E-state index in [4.69, 9.17) is 16.3 Å². The second kappa shape index (κ2) is 6.68. The van der Waals surface area contributed by atoms with Gasteiger partial charge in [-0.3, -0.25) is 0 Å². The molecule has 1 aliphatic rings. The normalized spacial score (nSPS) is 18.9. The summed E-state index contributed by atoms with van der Waals surface area (Å²) in [6.07, 6.45) is 2.50. The average Bonchev–Trinajstić information content (AvgIpc) is 2.43. The average molecular weight is 297 g/mol. The quantitative estimate of drug-likeness (QED) is 0.914. The lowest BCUT2D eigenvalue weighted by atomic mass is 9.90. The lowest BCUT2D eigenvalue weighted by molar-refractivity contribution is 0.208. The van der Waals surface area contributed by atoms with Crippen molar-refractivity contribution in [3.8, 4) is 5.75 Å². The second-order valence-corrected chi connectivity index (χ2v) is 6.28. The van der Waals surface area contributed by atoms with Crippen LogP contribution in [0.3, 0.4) is 0 Å². The van der Waals surface area contributed by atoms with Crippen molar-refractivity contribution in [2.24, 2.45) is 5.92 Å². The maximum atomic E-state index is 6.15. The van der Waals surface area contributed by atoms with Gasteiger partial charge in [0.15, 0.2) is 0 Å². The number of aryl methyl sites for hydroxylation is 1. The number of rotatable bonds is 4. The van der Waals surface area contributed by atoms with E-state index in [2.05, 4.69) is 30.3 Å². The number of benzene rings is 1. The molecule has 112 valence electrons. The third-order valence-corrected chi connectivity index (χ3v) is 4.74. The number of nitrogens with zero attached hydrogens (tertiary/aromatic N) is 1. The predicted molar refractivity (Wildman–Crippen MR) is 86.0 cm³/mol. The highest BCUT2D eigenvalue weighted by atomic mass is 35.5. The summed E-state index contributed by atoms with van der Waals surface area (Å²) in [5.41, 5.74) is 2.12. The summed E-state index contributed by atoms with van der Waals surface area (Å²) in [6.45, 7) is 6.66. The Morgan fingerprint density at radius 1 is 1.35 bits per heavy atom. The van der Waals surface area contributed by atoms with Crippen LogP contribution in [0.4, 0.5) is 5.69 Å². The number of halogens is 1. The third-order valence-electron chi connectivity index (χ3n) is 4.33. The fourth-order valence-corrected chi connectivity index (χ4v) is 2.99. The van der Waals surface area contributed by atoms with Crippen LogP contribution in [-0.2, 0) is 0 Å². The molecular weight excluding hydrogens is 272 g/mol. The predicted octanol–water partition coefficient (Wildman–Crippen LogP) is 3.80. The molecule has 0 radical (unpaired) electrons. The first-order valence-electron chi connectivity index (χ1n) is 7.30. The van der Waals surface area contributed by atoms with Crippen LogP contribution in [0.15, 0.2) is 12.1 Å². The van der Waals surface area contributed by atoms with Crippen LogP contribution in [-0.4, -0.2) is 38.2 Å². The lowest BCUT2D eigenvalue weighted by Gasteiger charge is -2.33. The molecule has 0 spiro atoms. The van der Waals surface area contributed by atoms with Crippen molar-refractivity contribution in [3.05, 3.63) is 22.7 Å². The highest BCUT2D eigenvalue weighted by molar-refractivity contribution is 6.31. The molecule has 1 aliphatic heterocycles. The first kappa shape index (κ1) is 15.5. The SMILES string of the molecule is COc1cc(Cl)c(C)cc1NC(C)C1CCN(C)CC1. The molecule has 1 heterocycles. The maximum Gasteiger partial charge on any atom is 0.143 e. The molecule has 1 saturated heterocycles. The Morgan fingerprint density at radius 3 is 2.60 bits per heavy atom. The molecule has 0 aromatic heterocycles. The molecule has 1 aromatic rings. The summed E-state index contributed by atoms with van der Waals surface area (Å²) < 4.78 is 5.43. The highest BCUT2D eigenvalue weighted by Crippen LogP contribution is 2.33. The van der Waals surface area contributed by atoms with E-state index < -0.39 is 0 Å². The monoisotopic (exact) mass is 296 g/mol. The van der Waals surface area contributed by atoms with Gasteiger partial charge in [-0.2, -0.15) is 0 Å². The number of methoxy groups -OCH3 is 1. The number of hydrogen-bond acceptors (Lipinski definition) is 3. The van der Waals surface area contributed by atoms with Gasteiger partial charge in [-0.05, 0) is 64.4 Å². The largest absolute Gasteiger partial charge is 0.495 e. The van der Waals surface area contributed by atoms with Gasteiger partial charge >= 0.3 is 0 Å². The zero-order chi connectivity index (χ0) is 14.7. The van der Waals surface area contributed by atoms with Crippen molar-refractivity contribution in [2.75, 3.05) is 32.6 Å². The van der Waals surface area contributed by atoms with Crippen molar-refractivity contribution in [1.29, 1.82) is 0 Å². The topological polar surface area (TPSA) is 24.5 Å². The number of hydrogen-bond donors (Lipinski definition) is 1. The number of nitrogens with one attached hydrogen (secondary N) is 1. The second-order valence-electron chi connectivity index (χ2n) is 5.88. The Morgan fingerprint density at radius 2 is 2.00 bits per heavy atom. The van der Waals surface area contributed by atoms with Crippen LogP contribution < -0.4 is 10.1 Å².